The Kier molecular flexibility index (Phi) is 4.31. The molecule has 0 radical (unpaired) electrons. The summed E-state index contributed by atoms with van der Waals surface area (Å²) in [5, 5.41) is 3.66. The van der Waals surface area contributed by atoms with Gasteiger partial charge in [0.2, 0.25) is 0 Å². The van der Waals surface area contributed by atoms with Crippen molar-refractivity contribution in [3.63, 3.8) is 0 Å². The van der Waals surface area contributed by atoms with Crippen molar-refractivity contribution in [2.24, 2.45) is 0 Å². The summed E-state index contributed by atoms with van der Waals surface area (Å²) < 4.78 is 5.46. The third-order valence-electron chi connectivity index (χ3n) is 3.12. The molecular weight excluding hydrogens is 200 g/mol. The molecule has 2 rings (SSSR count). The van der Waals surface area contributed by atoms with E-state index in [-0.39, 0.29) is 0 Å². The standard InChI is InChI=1S/C13H20N2O/c1-11(12-4-2-7-14-10-12)15-13-5-3-8-16-9-6-13/h2,4,7,10-11,13,15H,3,5-6,8-9H2,1H3/t11-,13?/m0/s1. The van der Waals surface area contributed by atoms with E-state index >= 15 is 0 Å². The van der Waals surface area contributed by atoms with Gasteiger partial charge in [-0.15, -0.1) is 0 Å². The van der Waals surface area contributed by atoms with Crippen molar-refractivity contribution in [3.05, 3.63) is 30.1 Å². The number of rotatable bonds is 3. The zero-order valence-corrected chi connectivity index (χ0v) is 9.86. The van der Waals surface area contributed by atoms with Crippen LogP contribution in [0.5, 0.6) is 0 Å². The lowest BCUT2D eigenvalue weighted by molar-refractivity contribution is 0.142. The van der Waals surface area contributed by atoms with Crippen molar-refractivity contribution in [3.8, 4) is 0 Å². The van der Waals surface area contributed by atoms with Gasteiger partial charge in [0.1, 0.15) is 0 Å². The van der Waals surface area contributed by atoms with Gasteiger partial charge in [0.15, 0.2) is 0 Å². The van der Waals surface area contributed by atoms with Crippen LogP contribution in [0.15, 0.2) is 24.5 Å². The van der Waals surface area contributed by atoms with Crippen LogP contribution in [0.1, 0.15) is 37.8 Å². The minimum absolute atomic E-state index is 0.372. The van der Waals surface area contributed by atoms with E-state index in [1.807, 2.05) is 18.5 Å². The fraction of sp³-hybridized carbons (Fsp3) is 0.615. The molecule has 1 unspecified atom stereocenters. The summed E-state index contributed by atoms with van der Waals surface area (Å²) in [7, 11) is 0. The van der Waals surface area contributed by atoms with E-state index in [0.717, 1.165) is 26.1 Å². The van der Waals surface area contributed by atoms with Crippen LogP contribution >= 0.6 is 0 Å². The molecule has 0 bridgehead atoms. The van der Waals surface area contributed by atoms with Gasteiger partial charge in [0.25, 0.3) is 0 Å². The Balaban J connectivity index is 1.88. The monoisotopic (exact) mass is 220 g/mol. The van der Waals surface area contributed by atoms with Gasteiger partial charge in [-0.05, 0) is 37.8 Å². The van der Waals surface area contributed by atoms with E-state index in [1.54, 1.807) is 0 Å². The van der Waals surface area contributed by atoms with Crippen LogP contribution in [-0.4, -0.2) is 24.2 Å². The molecule has 2 atom stereocenters. The van der Waals surface area contributed by atoms with Crippen molar-refractivity contribution in [2.75, 3.05) is 13.2 Å². The lowest BCUT2D eigenvalue weighted by Crippen LogP contribution is -2.31. The highest BCUT2D eigenvalue weighted by Crippen LogP contribution is 2.15. The quantitative estimate of drug-likeness (QED) is 0.848. The number of hydrogen-bond donors (Lipinski definition) is 1. The maximum absolute atomic E-state index is 5.46. The molecule has 1 saturated heterocycles. The van der Waals surface area contributed by atoms with Crippen LogP contribution in [0.25, 0.3) is 0 Å². The Labute approximate surface area is 97.2 Å². The summed E-state index contributed by atoms with van der Waals surface area (Å²) in [6.45, 7) is 4.00. The van der Waals surface area contributed by atoms with E-state index in [4.69, 9.17) is 4.74 Å². The Bertz CT molecular complexity index is 294. The highest BCUT2D eigenvalue weighted by Gasteiger charge is 2.15. The fourth-order valence-corrected chi connectivity index (χ4v) is 2.15. The van der Waals surface area contributed by atoms with E-state index < -0.39 is 0 Å². The Morgan fingerprint density at radius 2 is 2.38 bits per heavy atom. The van der Waals surface area contributed by atoms with E-state index in [1.165, 1.54) is 12.0 Å². The number of pyridine rings is 1. The second kappa shape index (κ2) is 5.97. The molecule has 1 N–H and O–H groups in total. The lowest BCUT2D eigenvalue weighted by Gasteiger charge is -2.21. The highest BCUT2D eigenvalue weighted by atomic mass is 16.5. The van der Waals surface area contributed by atoms with Crippen LogP contribution < -0.4 is 5.32 Å². The summed E-state index contributed by atoms with van der Waals surface area (Å²) >= 11 is 0. The van der Waals surface area contributed by atoms with Gasteiger partial charge in [-0.3, -0.25) is 4.98 Å². The molecule has 1 aromatic rings. The van der Waals surface area contributed by atoms with Crippen LogP contribution in [0, 0.1) is 0 Å². The summed E-state index contributed by atoms with van der Waals surface area (Å²) in [5.41, 5.74) is 1.26. The number of nitrogens with zero attached hydrogens (tertiary/aromatic N) is 1. The molecule has 3 heteroatoms. The van der Waals surface area contributed by atoms with Gasteiger partial charge in [0, 0.05) is 37.7 Å². The third-order valence-corrected chi connectivity index (χ3v) is 3.12. The van der Waals surface area contributed by atoms with Crippen molar-refractivity contribution in [1.82, 2.24) is 10.3 Å². The molecule has 0 amide bonds. The molecule has 16 heavy (non-hydrogen) atoms. The van der Waals surface area contributed by atoms with Crippen molar-refractivity contribution in [2.45, 2.75) is 38.3 Å². The van der Waals surface area contributed by atoms with Gasteiger partial charge >= 0.3 is 0 Å². The van der Waals surface area contributed by atoms with Crippen LogP contribution in [0.4, 0.5) is 0 Å². The van der Waals surface area contributed by atoms with Gasteiger partial charge < -0.3 is 10.1 Å². The number of ether oxygens (including phenoxy) is 1. The molecule has 1 aliphatic rings. The molecular formula is C13H20N2O. The van der Waals surface area contributed by atoms with Crippen LogP contribution in [-0.2, 0) is 4.74 Å². The average molecular weight is 220 g/mol. The van der Waals surface area contributed by atoms with E-state index in [9.17, 15) is 0 Å². The predicted molar refractivity (Wildman–Crippen MR) is 64.2 cm³/mol. The van der Waals surface area contributed by atoms with Crippen molar-refractivity contribution in [1.29, 1.82) is 0 Å². The first-order chi connectivity index (χ1) is 7.86. The van der Waals surface area contributed by atoms with Crippen molar-refractivity contribution >= 4 is 0 Å². The Hall–Kier alpha value is -0.930. The normalized spacial score (nSPS) is 23.7. The molecule has 3 nitrogen and oxygen atoms in total. The summed E-state index contributed by atoms with van der Waals surface area (Å²) in [6, 6.07) is 5.07. The topological polar surface area (TPSA) is 34.1 Å². The summed E-state index contributed by atoms with van der Waals surface area (Å²) in [6.07, 6.45) is 7.24. The molecule has 2 heterocycles. The van der Waals surface area contributed by atoms with E-state index in [0.29, 0.717) is 12.1 Å². The number of nitrogens with one attached hydrogen (secondary N) is 1. The average Bonchev–Trinajstić information content (AvgIpc) is 2.59. The third kappa shape index (κ3) is 3.29. The highest BCUT2D eigenvalue weighted by molar-refractivity contribution is 5.12. The van der Waals surface area contributed by atoms with Crippen LogP contribution in [0.3, 0.4) is 0 Å². The molecule has 1 aliphatic heterocycles. The van der Waals surface area contributed by atoms with Crippen LogP contribution in [0.2, 0.25) is 0 Å². The first-order valence-electron chi connectivity index (χ1n) is 6.10. The smallest absolute Gasteiger partial charge is 0.0480 e. The Morgan fingerprint density at radius 1 is 1.44 bits per heavy atom. The Morgan fingerprint density at radius 3 is 3.19 bits per heavy atom. The molecule has 0 aliphatic carbocycles. The van der Waals surface area contributed by atoms with Crippen molar-refractivity contribution < 1.29 is 4.74 Å². The molecule has 1 aromatic heterocycles. The molecule has 0 aromatic carbocycles. The summed E-state index contributed by atoms with van der Waals surface area (Å²) in [5.74, 6) is 0. The lowest BCUT2D eigenvalue weighted by atomic mass is 10.1. The SMILES string of the molecule is C[C@H](NC1CCCOCC1)c1cccnc1. The van der Waals surface area contributed by atoms with E-state index in [2.05, 4.69) is 23.3 Å². The van der Waals surface area contributed by atoms with Gasteiger partial charge in [0.05, 0.1) is 0 Å². The number of aromatic nitrogens is 1. The second-order valence-electron chi connectivity index (χ2n) is 4.41. The zero-order valence-electron chi connectivity index (χ0n) is 9.86. The first-order valence-corrected chi connectivity index (χ1v) is 6.10. The fourth-order valence-electron chi connectivity index (χ4n) is 2.15. The molecule has 88 valence electrons. The molecule has 0 spiro atoms. The van der Waals surface area contributed by atoms with Gasteiger partial charge in [-0.25, -0.2) is 0 Å². The maximum Gasteiger partial charge on any atom is 0.0480 e. The largest absolute Gasteiger partial charge is 0.381 e. The maximum atomic E-state index is 5.46. The van der Waals surface area contributed by atoms with Gasteiger partial charge in [-0.2, -0.15) is 0 Å². The summed E-state index contributed by atoms with van der Waals surface area (Å²) in [4.78, 5) is 4.15. The molecule has 1 fully saturated rings. The van der Waals surface area contributed by atoms with Gasteiger partial charge in [-0.1, -0.05) is 6.07 Å². The molecule has 0 saturated carbocycles. The number of hydrogen-bond acceptors (Lipinski definition) is 3. The minimum atomic E-state index is 0.372. The predicted octanol–water partition coefficient (Wildman–Crippen LogP) is 2.30. The minimum Gasteiger partial charge on any atom is -0.381 e. The first kappa shape index (κ1) is 11.6. The second-order valence-corrected chi connectivity index (χ2v) is 4.41. The zero-order chi connectivity index (χ0) is 11.2.